The Balaban J connectivity index is 1.55. The van der Waals surface area contributed by atoms with Crippen molar-refractivity contribution in [1.29, 1.82) is 0 Å². The van der Waals surface area contributed by atoms with E-state index in [-0.39, 0.29) is 10.7 Å². The summed E-state index contributed by atoms with van der Waals surface area (Å²) in [5.74, 6) is 0.317. The quantitative estimate of drug-likeness (QED) is 0.395. The van der Waals surface area contributed by atoms with E-state index in [2.05, 4.69) is 0 Å². The number of benzene rings is 2. The summed E-state index contributed by atoms with van der Waals surface area (Å²) in [5.41, 5.74) is 1.68. The second-order valence-corrected chi connectivity index (χ2v) is 8.70. The monoisotopic (exact) mass is 465 g/mol. The zero-order valence-corrected chi connectivity index (χ0v) is 18.7. The molecule has 0 spiro atoms. The first-order valence-corrected chi connectivity index (χ1v) is 11.0. The van der Waals surface area contributed by atoms with Crippen LogP contribution in [0.25, 0.3) is 17.4 Å². The maximum Gasteiger partial charge on any atom is 0.327 e. The molecule has 162 valence electrons. The number of hydrogen-bond donors (Lipinski definition) is 1. The number of carboxylic acid groups (broad SMARTS) is 1. The lowest BCUT2D eigenvalue weighted by Gasteiger charge is -2.23. The smallest absolute Gasteiger partial charge is 0.327 e. The molecule has 6 nitrogen and oxygen atoms in total. The molecule has 1 atom stereocenters. The van der Waals surface area contributed by atoms with Gasteiger partial charge in [-0.15, -0.1) is 0 Å². The van der Waals surface area contributed by atoms with Crippen LogP contribution in [-0.4, -0.2) is 39.4 Å². The maximum atomic E-state index is 13.0. The van der Waals surface area contributed by atoms with Gasteiger partial charge in [-0.05, 0) is 42.0 Å². The van der Waals surface area contributed by atoms with Crippen molar-refractivity contribution >= 4 is 46.3 Å². The molecule has 1 aliphatic rings. The number of thioether (sulfide) groups is 1. The Morgan fingerprint density at radius 1 is 1.16 bits per heavy atom. The average Bonchev–Trinajstić information content (AvgIpc) is 3.37. The van der Waals surface area contributed by atoms with Gasteiger partial charge in [0, 0.05) is 18.1 Å². The van der Waals surface area contributed by atoms with Crippen molar-refractivity contribution in [3.05, 3.63) is 83.0 Å². The fraction of sp³-hybridized carbons (Fsp3) is 0.125. The Morgan fingerprint density at radius 3 is 2.53 bits per heavy atom. The van der Waals surface area contributed by atoms with Crippen LogP contribution < -0.4 is 4.74 Å². The molecule has 1 amide bonds. The van der Waals surface area contributed by atoms with E-state index in [0.29, 0.717) is 16.4 Å². The van der Waals surface area contributed by atoms with Gasteiger partial charge in [0.2, 0.25) is 0 Å². The summed E-state index contributed by atoms with van der Waals surface area (Å²) < 4.78 is 11.2. The lowest BCUT2D eigenvalue weighted by atomic mass is 10.0. The first kappa shape index (κ1) is 21.9. The Hall–Kier alpha value is -3.36. The third-order valence-electron chi connectivity index (χ3n) is 4.97. The van der Waals surface area contributed by atoms with Crippen LogP contribution in [0.5, 0.6) is 5.75 Å². The number of rotatable bonds is 7. The van der Waals surface area contributed by atoms with E-state index in [1.54, 1.807) is 19.3 Å². The molecule has 3 aromatic rings. The second-order valence-electron chi connectivity index (χ2n) is 7.03. The van der Waals surface area contributed by atoms with Gasteiger partial charge in [-0.25, -0.2) is 4.79 Å². The van der Waals surface area contributed by atoms with Crippen molar-refractivity contribution in [1.82, 2.24) is 4.90 Å². The molecular weight excluding hydrogens is 446 g/mol. The predicted octanol–water partition coefficient (Wildman–Crippen LogP) is 4.85. The van der Waals surface area contributed by atoms with Gasteiger partial charge in [-0.1, -0.05) is 54.3 Å². The molecule has 4 rings (SSSR count). The number of aliphatic carboxylic acids is 1. The number of thiocarbonyl (C=S) groups is 1. The number of methoxy groups -OCH3 is 1. The first-order valence-electron chi connectivity index (χ1n) is 9.74. The van der Waals surface area contributed by atoms with Gasteiger partial charge >= 0.3 is 5.97 Å². The molecule has 0 bridgehead atoms. The molecule has 1 N–H and O–H groups in total. The van der Waals surface area contributed by atoms with Crippen LogP contribution in [0.15, 0.2) is 76.1 Å². The van der Waals surface area contributed by atoms with E-state index < -0.39 is 17.9 Å². The molecule has 1 saturated heterocycles. The van der Waals surface area contributed by atoms with Crippen molar-refractivity contribution in [2.45, 2.75) is 12.5 Å². The van der Waals surface area contributed by atoms with Gasteiger partial charge in [-0.2, -0.15) is 0 Å². The highest BCUT2D eigenvalue weighted by Crippen LogP contribution is 2.35. The molecule has 0 saturated carbocycles. The molecule has 1 aliphatic heterocycles. The summed E-state index contributed by atoms with van der Waals surface area (Å²) in [6.07, 6.45) is 1.76. The summed E-state index contributed by atoms with van der Waals surface area (Å²) >= 11 is 6.42. The molecule has 32 heavy (non-hydrogen) atoms. The van der Waals surface area contributed by atoms with Gasteiger partial charge in [0.1, 0.15) is 27.6 Å². The second kappa shape index (κ2) is 9.42. The highest BCUT2D eigenvalue weighted by Gasteiger charge is 2.40. The first-order chi connectivity index (χ1) is 15.5. The number of carbonyl (C=O) groups is 2. The number of amides is 1. The van der Waals surface area contributed by atoms with Crippen molar-refractivity contribution in [2.75, 3.05) is 7.11 Å². The minimum absolute atomic E-state index is 0.165. The molecule has 0 radical (unpaired) electrons. The largest absolute Gasteiger partial charge is 0.497 e. The number of ether oxygens (including phenoxy) is 1. The van der Waals surface area contributed by atoms with E-state index in [1.807, 2.05) is 60.7 Å². The van der Waals surface area contributed by atoms with Gasteiger partial charge < -0.3 is 14.3 Å². The van der Waals surface area contributed by atoms with Crippen molar-refractivity contribution in [3.63, 3.8) is 0 Å². The molecule has 2 heterocycles. The molecule has 2 aromatic carbocycles. The number of carbonyl (C=O) groups excluding carboxylic acids is 1. The average molecular weight is 466 g/mol. The summed E-state index contributed by atoms with van der Waals surface area (Å²) in [6.45, 7) is 0. The van der Waals surface area contributed by atoms with E-state index in [1.165, 1.54) is 4.90 Å². The molecule has 8 heteroatoms. The zero-order valence-electron chi connectivity index (χ0n) is 17.1. The Bertz CT molecular complexity index is 1180. The zero-order chi connectivity index (χ0) is 22.7. The Morgan fingerprint density at radius 2 is 1.88 bits per heavy atom. The Labute approximate surface area is 194 Å². The molecule has 0 unspecified atom stereocenters. The standard InChI is InChI=1S/C24H19NO5S2/c1-29-17-9-7-16(8-10-17)20-12-11-18(30-20)14-21-22(26)25(24(31)32-21)19(23(27)28)13-15-5-3-2-4-6-15/h2-12,14,19H,13H2,1H3,(H,27,28)/b21-14-/t19-/m1/s1. The summed E-state index contributed by atoms with van der Waals surface area (Å²) in [5, 5.41) is 9.76. The van der Waals surface area contributed by atoms with Crippen LogP contribution in [0.2, 0.25) is 0 Å². The van der Waals surface area contributed by atoms with Crippen LogP contribution in [-0.2, 0) is 16.0 Å². The summed E-state index contributed by atoms with van der Waals surface area (Å²) in [4.78, 5) is 26.5. The third-order valence-corrected chi connectivity index (χ3v) is 6.30. The predicted molar refractivity (Wildman–Crippen MR) is 127 cm³/mol. The van der Waals surface area contributed by atoms with Crippen LogP contribution >= 0.6 is 24.0 Å². The summed E-state index contributed by atoms with van der Waals surface area (Å²) in [6, 6.07) is 19.1. The van der Waals surface area contributed by atoms with Gasteiger partial charge in [0.15, 0.2) is 0 Å². The molecular formula is C24H19NO5S2. The van der Waals surface area contributed by atoms with Crippen LogP contribution in [0.3, 0.4) is 0 Å². The SMILES string of the molecule is COc1ccc(-c2ccc(/C=C3\SC(=S)N([C@H](Cc4ccccc4)C(=O)O)C3=O)o2)cc1. The van der Waals surface area contributed by atoms with E-state index in [9.17, 15) is 14.7 Å². The lowest BCUT2D eigenvalue weighted by Crippen LogP contribution is -2.45. The topological polar surface area (TPSA) is 80.0 Å². The third kappa shape index (κ3) is 4.61. The normalized spacial score (nSPS) is 15.9. The van der Waals surface area contributed by atoms with Crippen molar-refractivity contribution in [2.24, 2.45) is 0 Å². The van der Waals surface area contributed by atoms with E-state index >= 15 is 0 Å². The molecule has 1 aromatic heterocycles. The minimum Gasteiger partial charge on any atom is -0.497 e. The van der Waals surface area contributed by atoms with E-state index in [0.717, 1.165) is 28.6 Å². The van der Waals surface area contributed by atoms with Gasteiger partial charge in [-0.3, -0.25) is 9.69 Å². The minimum atomic E-state index is -1.11. The number of furan rings is 1. The number of hydrogen-bond acceptors (Lipinski definition) is 6. The maximum absolute atomic E-state index is 13.0. The number of nitrogens with zero attached hydrogens (tertiary/aromatic N) is 1. The van der Waals surface area contributed by atoms with Crippen molar-refractivity contribution in [3.8, 4) is 17.1 Å². The van der Waals surface area contributed by atoms with Crippen LogP contribution in [0, 0.1) is 0 Å². The number of carboxylic acids is 1. The highest BCUT2D eigenvalue weighted by atomic mass is 32.2. The molecule has 1 fully saturated rings. The van der Waals surface area contributed by atoms with Gasteiger partial charge in [0.25, 0.3) is 5.91 Å². The Kier molecular flexibility index (Phi) is 6.43. The summed E-state index contributed by atoms with van der Waals surface area (Å²) in [7, 11) is 1.60. The van der Waals surface area contributed by atoms with Crippen LogP contribution in [0.4, 0.5) is 0 Å². The fourth-order valence-electron chi connectivity index (χ4n) is 3.34. The van der Waals surface area contributed by atoms with Crippen LogP contribution in [0.1, 0.15) is 11.3 Å². The molecule has 0 aliphatic carbocycles. The van der Waals surface area contributed by atoms with E-state index in [4.69, 9.17) is 21.4 Å². The lowest BCUT2D eigenvalue weighted by molar-refractivity contribution is -0.145. The van der Waals surface area contributed by atoms with Crippen molar-refractivity contribution < 1.29 is 23.8 Å². The van der Waals surface area contributed by atoms with Gasteiger partial charge in [0.05, 0.1) is 12.0 Å². The highest BCUT2D eigenvalue weighted by molar-refractivity contribution is 8.26. The fourth-order valence-corrected chi connectivity index (χ4v) is 4.68.